The molecule has 0 aliphatic heterocycles. The number of nitrogens with zero attached hydrogens (tertiary/aromatic N) is 2. The summed E-state index contributed by atoms with van der Waals surface area (Å²) in [6.45, 7) is 4.19. The van der Waals surface area contributed by atoms with Crippen LogP contribution in [-0.2, 0) is 0 Å². The quantitative estimate of drug-likeness (QED) is 0.637. The fraction of sp³-hybridized carbons (Fsp3) is 0.609. The summed E-state index contributed by atoms with van der Waals surface area (Å²) in [5.41, 5.74) is 0.313. The van der Waals surface area contributed by atoms with Gasteiger partial charge in [0, 0.05) is 18.1 Å². The first kappa shape index (κ1) is 21.5. The van der Waals surface area contributed by atoms with E-state index in [-0.39, 0.29) is 6.04 Å². The molecule has 1 aromatic carbocycles. The summed E-state index contributed by atoms with van der Waals surface area (Å²) < 4.78 is 1.63. The molecule has 6 heteroatoms. The van der Waals surface area contributed by atoms with Gasteiger partial charge in [-0.3, -0.25) is 4.79 Å². The standard InChI is InChI=1S/C23H33N3O3/c1-3-10-18(24-17-11-6-4-5-7-12-17)15-16(2)26-20-14-9-8-13-19(20)25-21(22(26)27)23(28)29/h8-9,13-14,16-18,24H,3-7,10-12,15H2,1-2H3,(H,28,29). The van der Waals surface area contributed by atoms with E-state index < -0.39 is 17.2 Å². The minimum Gasteiger partial charge on any atom is -0.476 e. The van der Waals surface area contributed by atoms with Crippen LogP contribution < -0.4 is 10.9 Å². The van der Waals surface area contributed by atoms with Crippen molar-refractivity contribution in [2.45, 2.75) is 89.8 Å². The molecule has 0 spiro atoms. The van der Waals surface area contributed by atoms with Gasteiger partial charge in [-0.25, -0.2) is 9.78 Å². The first-order chi connectivity index (χ1) is 14.0. The van der Waals surface area contributed by atoms with Gasteiger partial charge < -0.3 is 15.0 Å². The van der Waals surface area contributed by atoms with Crippen LogP contribution in [0.1, 0.15) is 88.2 Å². The van der Waals surface area contributed by atoms with Crippen molar-refractivity contribution in [2.75, 3.05) is 0 Å². The van der Waals surface area contributed by atoms with Crippen LogP contribution in [0.4, 0.5) is 0 Å². The minimum absolute atomic E-state index is 0.122. The van der Waals surface area contributed by atoms with Gasteiger partial charge in [0.2, 0.25) is 5.69 Å². The molecule has 2 atom stereocenters. The van der Waals surface area contributed by atoms with E-state index in [0.29, 0.717) is 23.1 Å². The molecule has 158 valence electrons. The van der Waals surface area contributed by atoms with Crippen molar-refractivity contribution in [3.05, 3.63) is 40.3 Å². The molecule has 1 aromatic heterocycles. The van der Waals surface area contributed by atoms with Crippen molar-refractivity contribution in [3.63, 3.8) is 0 Å². The lowest BCUT2D eigenvalue weighted by atomic mass is 10.00. The lowest BCUT2D eigenvalue weighted by molar-refractivity contribution is 0.0688. The first-order valence-corrected chi connectivity index (χ1v) is 11.0. The Labute approximate surface area is 172 Å². The van der Waals surface area contributed by atoms with Gasteiger partial charge in [0.25, 0.3) is 5.56 Å². The van der Waals surface area contributed by atoms with Gasteiger partial charge in [0.15, 0.2) is 0 Å². The van der Waals surface area contributed by atoms with E-state index in [1.807, 2.05) is 25.1 Å². The van der Waals surface area contributed by atoms with Gasteiger partial charge in [-0.05, 0) is 44.7 Å². The predicted molar refractivity (Wildman–Crippen MR) is 116 cm³/mol. The molecule has 29 heavy (non-hydrogen) atoms. The zero-order chi connectivity index (χ0) is 20.8. The molecular weight excluding hydrogens is 366 g/mol. The molecule has 2 unspecified atom stereocenters. The number of hydrogen-bond donors (Lipinski definition) is 2. The number of para-hydroxylation sites is 2. The fourth-order valence-electron chi connectivity index (χ4n) is 4.65. The Balaban J connectivity index is 1.88. The maximum absolute atomic E-state index is 12.9. The Morgan fingerprint density at radius 3 is 2.59 bits per heavy atom. The molecule has 0 amide bonds. The van der Waals surface area contributed by atoms with Crippen molar-refractivity contribution in [1.82, 2.24) is 14.9 Å². The van der Waals surface area contributed by atoms with Crippen molar-refractivity contribution in [1.29, 1.82) is 0 Å². The van der Waals surface area contributed by atoms with Gasteiger partial charge in [-0.2, -0.15) is 0 Å². The number of hydrogen-bond acceptors (Lipinski definition) is 4. The van der Waals surface area contributed by atoms with Gasteiger partial charge in [-0.1, -0.05) is 51.2 Å². The Kier molecular flexibility index (Phi) is 7.42. The van der Waals surface area contributed by atoms with Gasteiger partial charge in [-0.15, -0.1) is 0 Å². The van der Waals surface area contributed by atoms with E-state index in [1.54, 1.807) is 10.6 Å². The van der Waals surface area contributed by atoms with Crippen LogP contribution in [0.5, 0.6) is 0 Å². The molecule has 3 rings (SSSR count). The van der Waals surface area contributed by atoms with Crippen LogP contribution in [-0.4, -0.2) is 32.7 Å². The topological polar surface area (TPSA) is 84.2 Å². The minimum atomic E-state index is -1.27. The van der Waals surface area contributed by atoms with Gasteiger partial charge in [0.05, 0.1) is 11.0 Å². The number of fused-ring (bicyclic) bond motifs is 1. The maximum Gasteiger partial charge on any atom is 0.360 e. The molecule has 0 bridgehead atoms. The Hall–Kier alpha value is -2.21. The average molecular weight is 400 g/mol. The molecular formula is C23H33N3O3. The number of aromatic carboxylic acids is 1. The van der Waals surface area contributed by atoms with E-state index in [2.05, 4.69) is 17.2 Å². The summed E-state index contributed by atoms with van der Waals surface area (Å²) in [6, 6.07) is 8.01. The molecule has 2 aromatic rings. The van der Waals surface area contributed by atoms with Crippen molar-refractivity contribution in [2.24, 2.45) is 0 Å². The second-order valence-corrected chi connectivity index (χ2v) is 8.35. The van der Waals surface area contributed by atoms with E-state index in [1.165, 1.54) is 38.5 Å². The van der Waals surface area contributed by atoms with Gasteiger partial charge in [0.1, 0.15) is 0 Å². The van der Waals surface area contributed by atoms with Gasteiger partial charge >= 0.3 is 5.97 Å². The monoisotopic (exact) mass is 399 g/mol. The van der Waals surface area contributed by atoms with Crippen LogP contribution in [0, 0.1) is 0 Å². The molecule has 0 radical (unpaired) electrons. The number of carbonyl (C=O) groups is 1. The molecule has 1 heterocycles. The summed E-state index contributed by atoms with van der Waals surface area (Å²) in [5, 5.41) is 13.3. The second-order valence-electron chi connectivity index (χ2n) is 8.35. The number of rotatable bonds is 8. The third-order valence-corrected chi connectivity index (χ3v) is 6.03. The van der Waals surface area contributed by atoms with Crippen molar-refractivity contribution < 1.29 is 9.90 Å². The highest BCUT2D eigenvalue weighted by Gasteiger charge is 2.23. The third kappa shape index (κ3) is 5.24. The molecule has 2 N–H and O–H groups in total. The fourth-order valence-corrected chi connectivity index (χ4v) is 4.65. The number of aromatic nitrogens is 2. The number of carboxylic acid groups (broad SMARTS) is 1. The highest BCUT2D eigenvalue weighted by atomic mass is 16.4. The smallest absolute Gasteiger partial charge is 0.360 e. The summed E-state index contributed by atoms with van der Waals surface area (Å²) >= 11 is 0. The predicted octanol–water partition coefficient (Wildman–Crippen LogP) is 4.53. The zero-order valence-electron chi connectivity index (χ0n) is 17.6. The van der Waals surface area contributed by atoms with Crippen molar-refractivity contribution in [3.8, 4) is 0 Å². The second kappa shape index (κ2) is 10.0. The van der Waals surface area contributed by atoms with E-state index >= 15 is 0 Å². The molecule has 1 aliphatic rings. The number of nitrogens with one attached hydrogen (secondary N) is 1. The van der Waals surface area contributed by atoms with E-state index in [4.69, 9.17) is 0 Å². The molecule has 1 fully saturated rings. The summed E-state index contributed by atoms with van der Waals surface area (Å²) in [7, 11) is 0. The Morgan fingerprint density at radius 2 is 1.93 bits per heavy atom. The highest BCUT2D eigenvalue weighted by Crippen LogP contribution is 2.23. The summed E-state index contributed by atoms with van der Waals surface area (Å²) in [6.07, 6.45) is 10.6. The average Bonchev–Trinajstić information content (AvgIpc) is 2.96. The number of benzene rings is 1. The van der Waals surface area contributed by atoms with Crippen LogP contribution in [0.2, 0.25) is 0 Å². The molecule has 0 saturated heterocycles. The largest absolute Gasteiger partial charge is 0.476 e. The summed E-state index contributed by atoms with van der Waals surface area (Å²) in [4.78, 5) is 28.6. The lowest BCUT2D eigenvalue weighted by Gasteiger charge is -2.28. The normalized spacial score (nSPS) is 17.7. The zero-order valence-corrected chi connectivity index (χ0v) is 17.6. The van der Waals surface area contributed by atoms with E-state index in [0.717, 1.165) is 19.3 Å². The molecule has 1 aliphatic carbocycles. The van der Waals surface area contributed by atoms with E-state index in [9.17, 15) is 14.7 Å². The Bertz CT molecular complexity index is 885. The van der Waals surface area contributed by atoms with Crippen LogP contribution >= 0.6 is 0 Å². The highest BCUT2D eigenvalue weighted by molar-refractivity contribution is 5.88. The third-order valence-electron chi connectivity index (χ3n) is 6.03. The first-order valence-electron chi connectivity index (χ1n) is 11.0. The van der Waals surface area contributed by atoms with Crippen molar-refractivity contribution >= 4 is 17.0 Å². The summed E-state index contributed by atoms with van der Waals surface area (Å²) in [5.74, 6) is -1.27. The SMILES string of the molecule is CCCC(CC(C)n1c(=O)c(C(=O)O)nc2ccccc21)NC1CCCCCC1. The van der Waals surface area contributed by atoms with Crippen LogP contribution in [0.3, 0.4) is 0 Å². The lowest BCUT2D eigenvalue weighted by Crippen LogP contribution is -2.40. The number of carboxylic acids is 1. The Morgan fingerprint density at radius 1 is 1.24 bits per heavy atom. The molecule has 6 nitrogen and oxygen atoms in total. The molecule has 1 saturated carbocycles. The maximum atomic E-state index is 12.9. The van der Waals surface area contributed by atoms with Crippen LogP contribution in [0.25, 0.3) is 11.0 Å². The van der Waals surface area contributed by atoms with Crippen LogP contribution in [0.15, 0.2) is 29.1 Å².